The molecule has 0 aromatic heterocycles. The van der Waals surface area contributed by atoms with Crippen LogP contribution in [0.3, 0.4) is 0 Å². The smallest absolute Gasteiger partial charge is 0.236 e. The number of hydrogen-bond donors (Lipinski definition) is 1. The largest absolute Gasteiger partial charge is 0.378 e. The molecule has 30 heavy (non-hydrogen) atoms. The summed E-state index contributed by atoms with van der Waals surface area (Å²) in [4.78, 5) is 29.4. The number of carbonyl (C=O) groups is 2. The van der Waals surface area contributed by atoms with Gasteiger partial charge in [0.25, 0.3) is 0 Å². The van der Waals surface area contributed by atoms with Crippen molar-refractivity contribution in [3.63, 3.8) is 0 Å². The molecule has 4 rings (SSSR count). The summed E-state index contributed by atoms with van der Waals surface area (Å²) in [5.41, 5.74) is -0.289. The molecular weight excluding hydrogens is 392 g/mol. The van der Waals surface area contributed by atoms with E-state index in [1.165, 1.54) is 18.6 Å². The normalized spacial score (nSPS) is 30.4. The molecule has 3 aliphatic rings. The fourth-order valence-corrected chi connectivity index (χ4v) is 4.99. The zero-order valence-corrected chi connectivity index (χ0v) is 17.3. The third-order valence-corrected chi connectivity index (χ3v) is 6.74. The molecule has 1 aromatic rings. The molecule has 1 spiro atoms. The van der Waals surface area contributed by atoms with Gasteiger partial charge in [-0.2, -0.15) is 0 Å². The molecular formula is C22H29F2N3O3. The van der Waals surface area contributed by atoms with E-state index >= 15 is 0 Å². The van der Waals surface area contributed by atoms with Crippen LogP contribution in [-0.2, 0) is 14.3 Å². The van der Waals surface area contributed by atoms with Crippen molar-refractivity contribution in [1.29, 1.82) is 0 Å². The van der Waals surface area contributed by atoms with Gasteiger partial charge < -0.3 is 15.0 Å². The van der Waals surface area contributed by atoms with Crippen LogP contribution in [-0.4, -0.2) is 72.6 Å². The maximum atomic E-state index is 14.0. The minimum atomic E-state index is -0.935. The zero-order valence-electron chi connectivity index (χ0n) is 17.3. The second-order valence-electron chi connectivity index (χ2n) is 8.82. The fourth-order valence-electron chi connectivity index (χ4n) is 4.99. The highest BCUT2D eigenvalue weighted by Gasteiger charge is 2.51. The third-order valence-electron chi connectivity index (χ3n) is 6.74. The molecule has 1 N–H and O–H groups in total. The van der Waals surface area contributed by atoms with Crippen molar-refractivity contribution in [2.75, 3.05) is 39.4 Å². The number of ether oxygens (including phenoxy) is 1. The first-order chi connectivity index (χ1) is 14.4. The number of rotatable bonds is 3. The number of nitrogens with zero attached hydrogens (tertiary/aromatic N) is 2. The van der Waals surface area contributed by atoms with E-state index in [1.807, 2.05) is 0 Å². The van der Waals surface area contributed by atoms with Gasteiger partial charge in [-0.1, -0.05) is 12.5 Å². The van der Waals surface area contributed by atoms with Gasteiger partial charge >= 0.3 is 0 Å². The summed E-state index contributed by atoms with van der Waals surface area (Å²) in [7, 11) is 0. The van der Waals surface area contributed by atoms with Gasteiger partial charge in [-0.05, 0) is 44.0 Å². The van der Waals surface area contributed by atoms with Crippen LogP contribution in [0.5, 0.6) is 0 Å². The van der Waals surface area contributed by atoms with Gasteiger partial charge in [-0.3, -0.25) is 14.5 Å². The maximum absolute atomic E-state index is 14.0. The van der Waals surface area contributed by atoms with Crippen LogP contribution in [0, 0.1) is 11.6 Å². The number of piperidine rings is 1. The third kappa shape index (κ3) is 4.21. The highest BCUT2D eigenvalue weighted by Crippen LogP contribution is 2.38. The number of nitrogens with one attached hydrogen (secondary N) is 1. The summed E-state index contributed by atoms with van der Waals surface area (Å²) >= 11 is 0. The molecule has 3 aliphatic heterocycles. The van der Waals surface area contributed by atoms with Crippen LogP contribution in [0.2, 0.25) is 0 Å². The van der Waals surface area contributed by atoms with Crippen LogP contribution < -0.4 is 5.32 Å². The highest BCUT2D eigenvalue weighted by molar-refractivity contribution is 5.81. The van der Waals surface area contributed by atoms with Gasteiger partial charge in [-0.15, -0.1) is 0 Å². The number of likely N-dealkylation sites (tertiary alicyclic amines) is 2. The Morgan fingerprint density at radius 2 is 2.13 bits per heavy atom. The predicted molar refractivity (Wildman–Crippen MR) is 107 cm³/mol. The van der Waals surface area contributed by atoms with E-state index < -0.39 is 17.2 Å². The Bertz CT molecular complexity index is 821. The Morgan fingerprint density at radius 3 is 2.90 bits per heavy atom. The minimum Gasteiger partial charge on any atom is -0.378 e. The number of halogens is 2. The molecule has 6 nitrogen and oxygen atoms in total. The quantitative estimate of drug-likeness (QED) is 0.812. The molecule has 164 valence electrons. The van der Waals surface area contributed by atoms with Crippen molar-refractivity contribution >= 4 is 11.8 Å². The first-order valence-corrected chi connectivity index (χ1v) is 10.7. The summed E-state index contributed by atoms with van der Waals surface area (Å²) in [6.45, 7) is 4.53. The van der Waals surface area contributed by atoms with Gasteiger partial charge in [-0.25, -0.2) is 8.78 Å². The average molecular weight is 421 g/mol. The van der Waals surface area contributed by atoms with E-state index in [2.05, 4.69) is 17.1 Å². The lowest BCUT2D eigenvalue weighted by molar-refractivity contribution is -0.133. The van der Waals surface area contributed by atoms with Crippen LogP contribution in [0.4, 0.5) is 8.78 Å². The maximum Gasteiger partial charge on any atom is 0.236 e. The summed E-state index contributed by atoms with van der Waals surface area (Å²) in [5.74, 6) is -2.39. The molecule has 2 amide bonds. The second-order valence-corrected chi connectivity index (χ2v) is 8.82. The Kier molecular flexibility index (Phi) is 6.06. The molecule has 0 saturated carbocycles. The number of hydrogen-bond acceptors (Lipinski definition) is 4. The SMILES string of the molecule is C[C@H]1CCCCN1CC(=O)N1C[C@@H](c2ccc(F)c(F)c2)[C@@]2(COCCC(=O)N2)C1. The number of carbonyl (C=O) groups excluding carboxylic acids is 2. The van der Waals surface area contributed by atoms with Crippen molar-refractivity contribution in [2.24, 2.45) is 0 Å². The van der Waals surface area contributed by atoms with Crippen molar-refractivity contribution in [1.82, 2.24) is 15.1 Å². The minimum absolute atomic E-state index is 0.00768. The van der Waals surface area contributed by atoms with Gasteiger partial charge in [0, 0.05) is 31.5 Å². The lowest BCUT2D eigenvalue weighted by atomic mass is 9.82. The van der Waals surface area contributed by atoms with E-state index in [0.29, 0.717) is 37.8 Å². The Balaban J connectivity index is 1.59. The Hall–Kier alpha value is -2.06. The van der Waals surface area contributed by atoms with Crippen LogP contribution in [0.25, 0.3) is 0 Å². The topological polar surface area (TPSA) is 61.9 Å². The fraction of sp³-hybridized carbons (Fsp3) is 0.636. The summed E-state index contributed by atoms with van der Waals surface area (Å²) in [6.07, 6.45) is 3.59. The molecule has 0 radical (unpaired) electrons. The molecule has 3 atom stereocenters. The summed E-state index contributed by atoms with van der Waals surface area (Å²) < 4.78 is 33.2. The van der Waals surface area contributed by atoms with Gasteiger partial charge in [0.2, 0.25) is 11.8 Å². The van der Waals surface area contributed by atoms with E-state index in [0.717, 1.165) is 25.5 Å². The summed E-state index contributed by atoms with van der Waals surface area (Å²) in [5, 5.41) is 3.05. The van der Waals surface area contributed by atoms with E-state index in [1.54, 1.807) is 4.90 Å². The molecule has 0 bridgehead atoms. The van der Waals surface area contributed by atoms with Gasteiger partial charge in [0.15, 0.2) is 11.6 Å². The van der Waals surface area contributed by atoms with Crippen molar-refractivity contribution in [3.05, 3.63) is 35.4 Å². The molecule has 3 fully saturated rings. The molecule has 1 aromatic carbocycles. The van der Waals surface area contributed by atoms with Gasteiger partial charge in [0.05, 0.1) is 25.3 Å². The highest BCUT2D eigenvalue weighted by atomic mass is 19.2. The van der Waals surface area contributed by atoms with E-state index in [9.17, 15) is 18.4 Å². The average Bonchev–Trinajstić information content (AvgIpc) is 2.97. The lowest BCUT2D eigenvalue weighted by Gasteiger charge is -2.35. The van der Waals surface area contributed by atoms with E-state index in [-0.39, 0.29) is 30.8 Å². The van der Waals surface area contributed by atoms with Crippen molar-refractivity contribution in [3.8, 4) is 0 Å². The van der Waals surface area contributed by atoms with Crippen molar-refractivity contribution < 1.29 is 23.1 Å². The lowest BCUT2D eigenvalue weighted by Crippen LogP contribution is -2.56. The molecule has 0 aliphatic carbocycles. The molecule has 3 saturated heterocycles. The molecule has 3 heterocycles. The van der Waals surface area contributed by atoms with Crippen molar-refractivity contribution in [2.45, 2.75) is 50.1 Å². The standard InChI is InChI=1S/C22H29F2N3O3/c1-15-4-2-3-8-26(15)12-21(29)27-11-17(16-5-6-18(23)19(24)10-16)22(13-27)14-30-9-7-20(28)25-22/h5-6,10,15,17H,2-4,7-9,11-14H2,1H3,(H,25,28)/t15-,17-,22-/m0/s1. The van der Waals surface area contributed by atoms with Crippen LogP contribution in [0.15, 0.2) is 18.2 Å². The Morgan fingerprint density at radius 1 is 1.30 bits per heavy atom. The second kappa shape index (κ2) is 8.59. The van der Waals surface area contributed by atoms with Gasteiger partial charge in [0.1, 0.15) is 0 Å². The van der Waals surface area contributed by atoms with E-state index in [4.69, 9.17) is 4.74 Å². The predicted octanol–water partition coefficient (Wildman–Crippen LogP) is 2.04. The monoisotopic (exact) mass is 421 g/mol. The zero-order chi connectivity index (χ0) is 21.3. The van der Waals surface area contributed by atoms with Crippen LogP contribution >= 0.6 is 0 Å². The Labute approximate surface area is 175 Å². The first kappa shape index (κ1) is 21.2. The first-order valence-electron chi connectivity index (χ1n) is 10.7. The molecule has 0 unspecified atom stereocenters. The number of benzene rings is 1. The molecule has 8 heteroatoms. The van der Waals surface area contributed by atoms with Crippen LogP contribution in [0.1, 0.15) is 44.1 Å². The summed E-state index contributed by atoms with van der Waals surface area (Å²) in [6, 6.07) is 4.15. The number of amides is 2.